The van der Waals surface area contributed by atoms with Crippen molar-refractivity contribution in [1.29, 1.82) is 0 Å². The molecular weight excluding hydrogens is 210 g/mol. The van der Waals surface area contributed by atoms with E-state index >= 15 is 0 Å². The van der Waals surface area contributed by atoms with Gasteiger partial charge in [-0.15, -0.1) is 0 Å². The van der Waals surface area contributed by atoms with Gasteiger partial charge in [0.25, 0.3) is 0 Å². The van der Waals surface area contributed by atoms with Gasteiger partial charge in [0.15, 0.2) is 0 Å². The van der Waals surface area contributed by atoms with Crippen LogP contribution in [0.1, 0.15) is 43.5 Å². The van der Waals surface area contributed by atoms with Crippen LogP contribution in [0.2, 0.25) is 0 Å². The molecule has 3 heteroatoms. The fourth-order valence-corrected chi connectivity index (χ4v) is 2.37. The van der Waals surface area contributed by atoms with E-state index in [0.29, 0.717) is 12.6 Å². The fourth-order valence-electron chi connectivity index (χ4n) is 2.37. The summed E-state index contributed by atoms with van der Waals surface area (Å²) in [5, 5.41) is 0. The fraction of sp³-hybridized carbons (Fsp3) is 0.643. The van der Waals surface area contributed by atoms with E-state index in [0.717, 1.165) is 12.2 Å². The monoisotopic (exact) mass is 233 g/mol. The van der Waals surface area contributed by atoms with Crippen molar-refractivity contribution in [2.75, 3.05) is 11.9 Å². The minimum Gasteiger partial charge on any atom is -0.357 e. The van der Waals surface area contributed by atoms with Crippen molar-refractivity contribution in [2.45, 2.75) is 52.1 Å². The van der Waals surface area contributed by atoms with Crippen LogP contribution in [-0.2, 0) is 19.4 Å². The highest BCUT2D eigenvalue weighted by atomic mass is 15.2. The predicted molar refractivity (Wildman–Crippen MR) is 72.3 cm³/mol. The van der Waals surface area contributed by atoms with Gasteiger partial charge in [-0.2, -0.15) is 0 Å². The van der Waals surface area contributed by atoms with E-state index in [2.05, 4.69) is 31.9 Å². The van der Waals surface area contributed by atoms with Gasteiger partial charge >= 0.3 is 0 Å². The Balaban J connectivity index is 2.43. The molecule has 0 spiro atoms. The quantitative estimate of drug-likeness (QED) is 0.870. The van der Waals surface area contributed by atoms with E-state index in [1.54, 1.807) is 0 Å². The minimum atomic E-state index is 0.453. The highest BCUT2D eigenvalue weighted by molar-refractivity contribution is 5.50. The molecule has 0 saturated heterocycles. The van der Waals surface area contributed by atoms with Crippen molar-refractivity contribution >= 4 is 5.82 Å². The van der Waals surface area contributed by atoms with E-state index in [9.17, 15) is 0 Å². The normalized spacial score (nSPS) is 14.9. The van der Waals surface area contributed by atoms with E-state index in [1.165, 1.54) is 36.1 Å². The topological polar surface area (TPSA) is 42.2 Å². The highest BCUT2D eigenvalue weighted by Gasteiger charge is 2.17. The van der Waals surface area contributed by atoms with Gasteiger partial charge in [0.2, 0.25) is 0 Å². The Morgan fingerprint density at radius 3 is 2.71 bits per heavy atom. The summed E-state index contributed by atoms with van der Waals surface area (Å²) >= 11 is 0. The molecule has 94 valence electrons. The molecule has 0 aromatic carbocycles. The van der Waals surface area contributed by atoms with E-state index in [-0.39, 0.29) is 0 Å². The smallest absolute Gasteiger partial charge is 0.133 e. The first-order valence-corrected chi connectivity index (χ1v) is 6.58. The molecule has 3 nitrogen and oxygen atoms in total. The second kappa shape index (κ2) is 5.05. The summed E-state index contributed by atoms with van der Waals surface area (Å²) in [5.41, 5.74) is 9.74. The second-order valence-electron chi connectivity index (χ2n) is 5.19. The Morgan fingerprint density at radius 1 is 1.35 bits per heavy atom. The van der Waals surface area contributed by atoms with Gasteiger partial charge < -0.3 is 10.6 Å². The lowest BCUT2D eigenvalue weighted by molar-refractivity contribution is 0.658. The van der Waals surface area contributed by atoms with Gasteiger partial charge in [-0.05, 0) is 51.2 Å². The Hall–Kier alpha value is -1.09. The number of nitrogens with zero attached hydrogens (tertiary/aromatic N) is 2. The molecule has 17 heavy (non-hydrogen) atoms. The summed E-state index contributed by atoms with van der Waals surface area (Å²) in [7, 11) is 2.10. The summed E-state index contributed by atoms with van der Waals surface area (Å²) in [5.74, 6) is 1.07. The molecule has 1 aliphatic rings. The van der Waals surface area contributed by atoms with Crippen LogP contribution in [0, 0.1) is 0 Å². The summed E-state index contributed by atoms with van der Waals surface area (Å²) in [6.07, 6.45) is 4.85. The largest absolute Gasteiger partial charge is 0.357 e. The third-order valence-electron chi connectivity index (χ3n) is 3.69. The maximum absolute atomic E-state index is 5.86. The van der Waals surface area contributed by atoms with Crippen molar-refractivity contribution < 1.29 is 0 Å². The van der Waals surface area contributed by atoms with Crippen LogP contribution in [0.4, 0.5) is 5.82 Å². The number of aryl methyl sites for hydroxylation is 2. The van der Waals surface area contributed by atoms with Crippen molar-refractivity contribution in [1.82, 2.24) is 4.98 Å². The van der Waals surface area contributed by atoms with Crippen LogP contribution in [0.5, 0.6) is 0 Å². The molecule has 2 N–H and O–H groups in total. The molecular formula is C14H23N3. The van der Waals surface area contributed by atoms with Crippen LogP contribution in [0.25, 0.3) is 0 Å². The van der Waals surface area contributed by atoms with Crippen molar-refractivity contribution in [3.8, 4) is 0 Å². The molecule has 1 aliphatic carbocycles. The van der Waals surface area contributed by atoms with Crippen LogP contribution < -0.4 is 10.6 Å². The zero-order valence-electron chi connectivity index (χ0n) is 11.2. The van der Waals surface area contributed by atoms with Crippen LogP contribution in [-0.4, -0.2) is 18.1 Å². The van der Waals surface area contributed by atoms with Gasteiger partial charge in [-0.1, -0.05) is 0 Å². The zero-order valence-corrected chi connectivity index (χ0v) is 11.2. The molecule has 0 aliphatic heterocycles. The number of anilines is 1. The number of aromatic nitrogens is 1. The first kappa shape index (κ1) is 12.4. The molecule has 0 radical (unpaired) electrons. The summed E-state index contributed by atoms with van der Waals surface area (Å²) in [4.78, 5) is 7.07. The molecule has 1 aromatic rings. The van der Waals surface area contributed by atoms with Crippen LogP contribution in [0.3, 0.4) is 0 Å². The number of hydrogen-bond acceptors (Lipinski definition) is 3. The van der Waals surface area contributed by atoms with E-state index in [4.69, 9.17) is 10.7 Å². The highest BCUT2D eigenvalue weighted by Crippen LogP contribution is 2.26. The molecule has 0 fully saturated rings. The molecule has 0 unspecified atom stereocenters. The lowest BCUT2D eigenvalue weighted by atomic mass is 9.94. The Bertz CT molecular complexity index is 399. The predicted octanol–water partition coefficient (Wildman–Crippen LogP) is 2.26. The molecule has 0 saturated carbocycles. The van der Waals surface area contributed by atoms with Gasteiger partial charge in [0, 0.05) is 30.9 Å². The summed E-state index contributed by atoms with van der Waals surface area (Å²) < 4.78 is 0. The Morgan fingerprint density at radius 2 is 2.06 bits per heavy atom. The Labute approximate surface area is 104 Å². The molecule has 0 bridgehead atoms. The SMILES string of the molecule is CC(C)N(C)c1nc2c(cc1CN)CCCC2. The summed E-state index contributed by atoms with van der Waals surface area (Å²) in [6.45, 7) is 4.94. The van der Waals surface area contributed by atoms with E-state index in [1.807, 2.05) is 0 Å². The molecule has 1 heterocycles. The number of pyridine rings is 1. The maximum atomic E-state index is 5.86. The molecule has 0 atom stereocenters. The summed E-state index contributed by atoms with van der Waals surface area (Å²) in [6, 6.07) is 2.73. The first-order chi connectivity index (χ1) is 8.13. The standard InChI is InChI=1S/C14H23N3/c1-10(2)17(3)14-12(9-15)8-11-6-4-5-7-13(11)16-14/h8,10H,4-7,9,15H2,1-3H3. The van der Waals surface area contributed by atoms with Gasteiger partial charge in [0.05, 0.1) is 0 Å². The maximum Gasteiger partial charge on any atom is 0.133 e. The first-order valence-electron chi connectivity index (χ1n) is 6.58. The van der Waals surface area contributed by atoms with Gasteiger partial charge in [-0.25, -0.2) is 4.98 Å². The molecule has 2 rings (SSSR count). The van der Waals surface area contributed by atoms with E-state index < -0.39 is 0 Å². The van der Waals surface area contributed by atoms with Crippen LogP contribution >= 0.6 is 0 Å². The lowest BCUT2D eigenvalue weighted by Gasteiger charge is -2.27. The molecule has 0 amide bonds. The van der Waals surface area contributed by atoms with Crippen molar-refractivity contribution in [2.24, 2.45) is 5.73 Å². The number of rotatable bonds is 3. The Kier molecular flexibility index (Phi) is 3.67. The number of nitrogens with two attached hydrogens (primary N) is 1. The zero-order chi connectivity index (χ0) is 12.4. The van der Waals surface area contributed by atoms with Crippen molar-refractivity contribution in [3.05, 3.63) is 22.9 Å². The third-order valence-corrected chi connectivity index (χ3v) is 3.69. The van der Waals surface area contributed by atoms with Gasteiger partial charge in [0.1, 0.15) is 5.82 Å². The average Bonchev–Trinajstić information content (AvgIpc) is 2.36. The average molecular weight is 233 g/mol. The number of hydrogen-bond donors (Lipinski definition) is 1. The third kappa shape index (κ3) is 2.44. The van der Waals surface area contributed by atoms with Crippen molar-refractivity contribution in [3.63, 3.8) is 0 Å². The van der Waals surface area contributed by atoms with Gasteiger partial charge in [-0.3, -0.25) is 0 Å². The minimum absolute atomic E-state index is 0.453. The van der Waals surface area contributed by atoms with Crippen LogP contribution in [0.15, 0.2) is 6.07 Å². The lowest BCUT2D eigenvalue weighted by Crippen LogP contribution is -2.29. The second-order valence-corrected chi connectivity index (χ2v) is 5.19. The number of fused-ring (bicyclic) bond motifs is 1. The molecule has 1 aromatic heterocycles.